The predicted molar refractivity (Wildman–Crippen MR) is 52.9 cm³/mol. The lowest BCUT2D eigenvalue weighted by Gasteiger charge is -1.95. The van der Waals surface area contributed by atoms with Crippen molar-refractivity contribution in [1.29, 1.82) is 5.26 Å². The smallest absolute Gasteiger partial charge is 0.114 e. The number of oxime groups is 1. The highest BCUT2D eigenvalue weighted by Crippen LogP contribution is 2.16. The molecule has 0 amide bonds. The molecular weight excluding hydrogens is 184 g/mol. The van der Waals surface area contributed by atoms with Crippen LogP contribution in [-0.4, -0.2) is 12.3 Å². The molecule has 13 heavy (non-hydrogen) atoms. The van der Waals surface area contributed by atoms with Gasteiger partial charge in [-0.25, -0.2) is 0 Å². The first-order chi connectivity index (χ1) is 6.27. The highest BCUT2D eigenvalue weighted by Gasteiger charge is 2.02. The number of rotatable bonds is 3. The van der Waals surface area contributed by atoms with Gasteiger partial charge in [0.25, 0.3) is 0 Å². The van der Waals surface area contributed by atoms with Gasteiger partial charge in [-0.05, 0) is 26.0 Å². The Labute approximate surface area is 81.3 Å². The van der Waals surface area contributed by atoms with E-state index in [1.54, 1.807) is 6.07 Å². The molecule has 0 aliphatic carbocycles. The molecule has 1 rings (SSSR count). The summed E-state index contributed by atoms with van der Waals surface area (Å²) >= 11 is 1.42. The molecule has 0 saturated heterocycles. The van der Waals surface area contributed by atoms with Crippen LogP contribution >= 0.6 is 11.3 Å². The minimum absolute atomic E-state index is 0.563. The Morgan fingerprint density at radius 3 is 3.00 bits per heavy atom. The number of nitrogens with zero attached hydrogens (tertiary/aromatic N) is 2. The maximum atomic E-state index is 8.60. The normalized spacial score (nSPS) is 11.0. The van der Waals surface area contributed by atoms with E-state index in [9.17, 15) is 0 Å². The summed E-state index contributed by atoms with van der Waals surface area (Å²) in [4.78, 5) is 6.58. The third-order valence-corrected chi connectivity index (χ3v) is 2.50. The molecule has 0 aromatic carbocycles. The largest absolute Gasteiger partial charge is 0.396 e. The lowest BCUT2D eigenvalue weighted by Crippen LogP contribution is -1.92. The van der Waals surface area contributed by atoms with Crippen LogP contribution in [0, 0.1) is 11.3 Å². The van der Waals surface area contributed by atoms with Gasteiger partial charge < -0.3 is 4.84 Å². The van der Waals surface area contributed by atoms with Gasteiger partial charge in [0, 0.05) is 0 Å². The maximum absolute atomic E-state index is 8.60. The van der Waals surface area contributed by atoms with Crippen LogP contribution in [0.3, 0.4) is 0 Å². The molecule has 1 heterocycles. The van der Waals surface area contributed by atoms with E-state index in [2.05, 4.69) is 11.2 Å². The molecule has 0 N–H and O–H groups in total. The van der Waals surface area contributed by atoms with E-state index >= 15 is 0 Å². The van der Waals surface area contributed by atoms with Crippen LogP contribution in [0.15, 0.2) is 17.3 Å². The fourth-order valence-electron chi connectivity index (χ4n) is 0.799. The van der Waals surface area contributed by atoms with Gasteiger partial charge in [-0.15, -0.1) is 11.3 Å². The SMILES string of the molecule is CCO/N=C(/C)c1ccc(C#N)s1. The first kappa shape index (κ1) is 9.75. The average molecular weight is 194 g/mol. The third-order valence-electron chi connectivity index (χ3n) is 1.40. The lowest BCUT2D eigenvalue weighted by atomic mass is 10.3. The number of nitriles is 1. The molecule has 68 valence electrons. The fraction of sp³-hybridized carbons (Fsp3) is 0.333. The van der Waals surface area contributed by atoms with Crippen LogP contribution < -0.4 is 0 Å². The number of thiophene rings is 1. The van der Waals surface area contributed by atoms with E-state index in [1.165, 1.54) is 11.3 Å². The Kier molecular flexibility index (Phi) is 3.47. The van der Waals surface area contributed by atoms with Gasteiger partial charge in [-0.1, -0.05) is 5.16 Å². The number of hydrogen-bond acceptors (Lipinski definition) is 4. The standard InChI is InChI=1S/C9H10N2OS/c1-3-12-11-7(2)9-5-4-8(6-10)13-9/h4-5H,3H2,1-2H3/b11-7-. The topological polar surface area (TPSA) is 45.4 Å². The van der Waals surface area contributed by atoms with E-state index in [-0.39, 0.29) is 0 Å². The van der Waals surface area contributed by atoms with Crippen molar-refractivity contribution in [1.82, 2.24) is 0 Å². The monoisotopic (exact) mass is 194 g/mol. The summed E-state index contributed by atoms with van der Waals surface area (Å²) in [7, 11) is 0. The zero-order valence-electron chi connectivity index (χ0n) is 7.57. The van der Waals surface area contributed by atoms with Crippen LogP contribution in [0.25, 0.3) is 0 Å². The van der Waals surface area contributed by atoms with Gasteiger partial charge in [0.05, 0.1) is 10.6 Å². The van der Waals surface area contributed by atoms with Crippen molar-refractivity contribution in [2.24, 2.45) is 5.16 Å². The second kappa shape index (κ2) is 4.63. The van der Waals surface area contributed by atoms with Crippen molar-refractivity contribution in [3.8, 4) is 6.07 Å². The number of hydrogen-bond donors (Lipinski definition) is 0. The highest BCUT2D eigenvalue weighted by atomic mass is 32.1. The maximum Gasteiger partial charge on any atom is 0.114 e. The summed E-state index contributed by atoms with van der Waals surface area (Å²) in [6.45, 7) is 4.31. The summed E-state index contributed by atoms with van der Waals surface area (Å²) < 4.78 is 0. The minimum atomic E-state index is 0.563. The average Bonchev–Trinajstić information content (AvgIpc) is 2.62. The molecule has 0 fully saturated rings. The Morgan fingerprint density at radius 1 is 1.69 bits per heavy atom. The minimum Gasteiger partial charge on any atom is -0.396 e. The molecular formula is C9H10N2OS. The molecule has 4 heteroatoms. The first-order valence-electron chi connectivity index (χ1n) is 3.94. The predicted octanol–water partition coefficient (Wildman–Crippen LogP) is 2.38. The van der Waals surface area contributed by atoms with E-state index in [0.29, 0.717) is 11.5 Å². The van der Waals surface area contributed by atoms with Gasteiger partial charge in [0.15, 0.2) is 0 Å². The second-order valence-electron chi connectivity index (χ2n) is 2.37. The van der Waals surface area contributed by atoms with Crippen LogP contribution in [0.1, 0.15) is 23.6 Å². The Balaban J connectivity index is 2.78. The molecule has 0 aliphatic heterocycles. The molecule has 0 spiro atoms. The molecule has 0 unspecified atom stereocenters. The van der Waals surface area contributed by atoms with Crippen LogP contribution in [0.5, 0.6) is 0 Å². The molecule has 0 aliphatic rings. The van der Waals surface area contributed by atoms with E-state index < -0.39 is 0 Å². The van der Waals surface area contributed by atoms with Gasteiger partial charge in [-0.3, -0.25) is 0 Å². The fourth-order valence-corrected chi connectivity index (χ4v) is 1.54. The first-order valence-corrected chi connectivity index (χ1v) is 4.76. The van der Waals surface area contributed by atoms with Gasteiger partial charge in [0.2, 0.25) is 0 Å². The van der Waals surface area contributed by atoms with E-state index in [1.807, 2.05) is 19.9 Å². The lowest BCUT2D eigenvalue weighted by molar-refractivity contribution is 0.159. The highest BCUT2D eigenvalue weighted by molar-refractivity contribution is 7.14. The van der Waals surface area contributed by atoms with Crippen molar-refractivity contribution in [3.05, 3.63) is 21.9 Å². The third kappa shape index (κ3) is 2.56. The summed E-state index contributed by atoms with van der Waals surface area (Å²) in [5.74, 6) is 0. The molecule has 1 aromatic rings. The van der Waals surface area contributed by atoms with Crippen molar-refractivity contribution in [3.63, 3.8) is 0 Å². The molecule has 0 bridgehead atoms. The molecule has 0 atom stereocenters. The summed E-state index contributed by atoms with van der Waals surface area (Å²) in [6.07, 6.45) is 0. The van der Waals surface area contributed by atoms with Crippen LogP contribution in [0.2, 0.25) is 0 Å². The van der Waals surface area contributed by atoms with Crippen molar-refractivity contribution in [2.45, 2.75) is 13.8 Å². The molecule has 1 aromatic heterocycles. The second-order valence-corrected chi connectivity index (χ2v) is 3.45. The molecule has 3 nitrogen and oxygen atoms in total. The Morgan fingerprint density at radius 2 is 2.46 bits per heavy atom. The summed E-state index contributed by atoms with van der Waals surface area (Å²) in [5, 5.41) is 12.5. The summed E-state index contributed by atoms with van der Waals surface area (Å²) in [5.41, 5.74) is 0.813. The van der Waals surface area contributed by atoms with Gasteiger partial charge in [0.1, 0.15) is 17.6 Å². The van der Waals surface area contributed by atoms with Crippen molar-refractivity contribution in [2.75, 3.05) is 6.61 Å². The quantitative estimate of drug-likeness (QED) is 0.547. The van der Waals surface area contributed by atoms with Crippen LogP contribution in [-0.2, 0) is 4.84 Å². The summed E-state index contributed by atoms with van der Waals surface area (Å²) in [6, 6.07) is 5.74. The Bertz CT molecular complexity index is 349. The molecule has 0 saturated carbocycles. The van der Waals surface area contributed by atoms with Gasteiger partial charge in [-0.2, -0.15) is 5.26 Å². The Hall–Kier alpha value is -1.34. The van der Waals surface area contributed by atoms with Crippen LogP contribution in [0.4, 0.5) is 0 Å². The van der Waals surface area contributed by atoms with Crippen molar-refractivity contribution >= 4 is 17.0 Å². The zero-order valence-corrected chi connectivity index (χ0v) is 8.39. The van der Waals surface area contributed by atoms with Gasteiger partial charge >= 0.3 is 0 Å². The van der Waals surface area contributed by atoms with E-state index in [4.69, 9.17) is 10.1 Å². The zero-order chi connectivity index (χ0) is 9.68. The van der Waals surface area contributed by atoms with Crippen molar-refractivity contribution < 1.29 is 4.84 Å². The van der Waals surface area contributed by atoms with E-state index in [0.717, 1.165) is 10.6 Å². The molecule has 0 radical (unpaired) electrons.